The van der Waals surface area contributed by atoms with Crippen LogP contribution in [-0.2, 0) is 16.0 Å². The second-order valence-electron chi connectivity index (χ2n) is 7.87. The molecule has 7 nitrogen and oxygen atoms in total. The molecule has 33 heavy (non-hydrogen) atoms. The van der Waals surface area contributed by atoms with Crippen LogP contribution in [0.15, 0.2) is 42.5 Å². The van der Waals surface area contributed by atoms with Gasteiger partial charge in [-0.05, 0) is 37.1 Å². The first kappa shape index (κ1) is 21.5. The summed E-state index contributed by atoms with van der Waals surface area (Å²) in [4.78, 5) is 11.6. The molecule has 1 unspecified atom stereocenters. The predicted octanol–water partition coefficient (Wildman–Crippen LogP) is 5.17. The average molecular weight is 471 g/mol. The van der Waals surface area contributed by atoms with Gasteiger partial charge in [0.05, 0.1) is 20.1 Å². The Hall–Kier alpha value is -3.39. The number of ether oxygens (including phenoxy) is 4. The second-order valence-corrected chi connectivity index (χ2v) is 8.25. The van der Waals surface area contributed by atoms with Crippen molar-refractivity contribution < 1.29 is 28.1 Å². The molecule has 2 aromatic carbocycles. The molecule has 0 spiro atoms. The fraction of sp³-hybridized carbons (Fsp3) is 0.292. The lowest BCUT2D eigenvalue weighted by molar-refractivity contribution is -0.141. The van der Waals surface area contributed by atoms with Crippen molar-refractivity contribution in [3.8, 4) is 23.1 Å². The van der Waals surface area contributed by atoms with Crippen LogP contribution in [0.1, 0.15) is 41.6 Å². The minimum Gasteiger partial charge on any atom is -0.492 e. The average Bonchev–Trinajstić information content (AvgIpc) is 3.42. The minimum absolute atomic E-state index is 0.0539. The summed E-state index contributed by atoms with van der Waals surface area (Å²) in [5, 5.41) is 7.92. The van der Waals surface area contributed by atoms with E-state index in [1.807, 2.05) is 12.1 Å². The van der Waals surface area contributed by atoms with E-state index in [0.29, 0.717) is 42.3 Å². The Morgan fingerprint density at radius 2 is 2.09 bits per heavy atom. The van der Waals surface area contributed by atoms with E-state index < -0.39 is 6.10 Å². The molecule has 0 N–H and O–H groups in total. The van der Waals surface area contributed by atoms with Crippen LogP contribution in [0, 0.1) is 5.82 Å². The zero-order chi connectivity index (χ0) is 22.9. The first-order valence-corrected chi connectivity index (χ1v) is 10.9. The maximum absolute atomic E-state index is 14.8. The van der Waals surface area contributed by atoms with Crippen molar-refractivity contribution in [2.75, 3.05) is 13.7 Å². The number of carbonyl (C=O) groups excluding carboxylic acids is 1. The van der Waals surface area contributed by atoms with E-state index >= 15 is 0 Å². The van der Waals surface area contributed by atoms with Crippen LogP contribution < -0.4 is 14.2 Å². The Kier molecular flexibility index (Phi) is 5.76. The summed E-state index contributed by atoms with van der Waals surface area (Å²) in [6.07, 6.45) is 0.981. The molecule has 3 aromatic rings. The molecule has 0 saturated carbocycles. The molecule has 2 atom stereocenters. The first-order chi connectivity index (χ1) is 16.0. The number of rotatable bonds is 6. The molecule has 2 heterocycles. The maximum atomic E-state index is 14.8. The van der Waals surface area contributed by atoms with Crippen molar-refractivity contribution in [2.24, 2.45) is 0 Å². The van der Waals surface area contributed by atoms with Crippen LogP contribution >= 0.6 is 11.6 Å². The number of benzene rings is 2. The quantitative estimate of drug-likeness (QED) is 0.460. The topological polar surface area (TPSA) is 79.8 Å². The number of nitrogens with zero attached hydrogens (tertiary/aromatic N) is 2. The van der Waals surface area contributed by atoms with Crippen LogP contribution in [0.2, 0.25) is 5.15 Å². The van der Waals surface area contributed by atoms with Gasteiger partial charge in [-0.2, -0.15) is 0 Å². The highest BCUT2D eigenvalue weighted by atomic mass is 35.5. The van der Waals surface area contributed by atoms with Gasteiger partial charge >= 0.3 is 5.97 Å². The molecular weight excluding hydrogens is 451 g/mol. The van der Waals surface area contributed by atoms with E-state index in [1.54, 1.807) is 24.3 Å². The summed E-state index contributed by atoms with van der Waals surface area (Å²) in [5.74, 6) is 1.34. The van der Waals surface area contributed by atoms with E-state index in [4.69, 9.17) is 30.5 Å². The molecule has 0 bridgehead atoms. The van der Waals surface area contributed by atoms with E-state index in [1.165, 1.54) is 13.2 Å². The summed E-state index contributed by atoms with van der Waals surface area (Å²) in [6, 6.07) is 11.6. The van der Waals surface area contributed by atoms with E-state index in [0.717, 1.165) is 11.1 Å². The maximum Gasteiger partial charge on any atom is 0.306 e. The fourth-order valence-electron chi connectivity index (χ4n) is 4.27. The monoisotopic (exact) mass is 470 g/mol. The van der Waals surface area contributed by atoms with Crippen LogP contribution in [0.3, 0.4) is 0 Å². The highest BCUT2D eigenvalue weighted by Crippen LogP contribution is 2.44. The first-order valence-electron chi connectivity index (χ1n) is 10.5. The molecule has 2 aliphatic rings. The minimum atomic E-state index is -0.467. The molecule has 0 radical (unpaired) electrons. The third-order valence-corrected chi connectivity index (χ3v) is 6.05. The largest absolute Gasteiger partial charge is 0.492 e. The lowest BCUT2D eigenvalue weighted by Crippen LogP contribution is -2.09. The third kappa shape index (κ3) is 4.30. The normalized spacial score (nSPS) is 18.3. The summed E-state index contributed by atoms with van der Waals surface area (Å²) in [6.45, 7) is 0.406. The van der Waals surface area contributed by atoms with Crippen LogP contribution in [0.5, 0.6) is 23.1 Å². The molecule has 170 valence electrons. The molecular formula is C24H20ClFN2O5. The Balaban J connectivity index is 1.35. The highest BCUT2D eigenvalue weighted by Gasteiger charge is 2.32. The molecule has 1 aromatic heterocycles. The molecule has 9 heteroatoms. The number of fused-ring (bicyclic) bond motifs is 2. The summed E-state index contributed by atoms with van der Waals surface area (Å²) in [5.41, 5.74) is 2.15. The zero-order valence-corrected chi connectivity index (χ0v) is 18.5. The molecule has 1 aliphatic carbocycles. The predicted molar refractivity (Wildman–Crippen MR) is 117 cm³/mol. The van der Waals surface area contributed by atoms with E-state index in [-0.39, 0.29) is 35.2 Å². The second kappa shape index (κ2) is 8.86. The van der Waals surface area contributed by atoms with Gasteiger partial charge in [0.1, 0.15) is 29.2 Å². The van der Waals surface area contributed by atoms with Crippen LogP contribution in [0.4, 0.5) is 4.39 Å². The standard InChI is InChI=1S/C24H20ClFN2O5/c1-30-23(29)10-13-12-31-20-11-14(2-3-15(13)20)32-19-6-4-16-18(7-5-17(26)24(16)19)33-22-9-8-21(25)27-28-22/h2-3,5,7-9,11,13,19H,4,6,10,12H2,1H3/t13?,19-/m1/s1. The fourth-order valence-corrected chi connectivity index (χ4v) is 4.38. The Morgan fingerprint density at radius 1 is 1.21 bits per heavy atom. The smallest absolute Gasteiger partial charge is 0.306 e. The number of aromatic nitrogens is 2. The van der Waals surface area contributed by atoms with Crippen molar-refractivity contribution in [3.05, 3.63) is 70.1 Å². The number of esters is 1. The number of carbonyl (C=O) groups is 1. The van der Waals surface area contributed by atoms with Gasteiger partial charge in [-0.25, -0.2) is 4.39 Å². The lowest BCUT2D eigenvalue weighted by Gasteiger charge is -2.17. The van der Waals surface area contributed by atoms with Crippen molar-refractivity contribution in [1.29, 1.82) is 0 Å². The molecule has 0 fully saturated rings. The van der Waals surface area contributed by atoms with Gasteiger partial charge < -0.3 is 18.9 Å². The van der Waals surface area contributed by atoms with Crippen molar-refractivity contribution >= 4 is 17.6 Å². The molecule has 0 amide bonds. The van der Waals surface area contributed by atoms with Crippen molar-refractivity contribution in [1.82, 2.24) is 10.2 Å². The summed E-state index contributed by atoms with van der Waals surface area (Å²) >= 11 is 5.77. The Bertz CT molecular complexity index is 1200. The van der Waals surface area contributed by atoms with Gasteiger partial charge in [-0.15, -0.1) is 10.2 Å². The van der Waals surface area contributed by atoms with Crippen molar-refractivity contribution in [2.45, 2.75) is 31.3 Å². The van der Waals surface area contributed by atoms with E-state index in [2.05, 4.69) is 10.2 Å². The highest BCUT2D eigenvalue weighted by molar-refractivity contribution is 6.29. The molecule has 0 saturated heterocycles. The number of halogens is 2. The van der Waals surface area contributed by atoms with Crippen LogP contribution in [-0.4, -0.2) is 29.9 Å². The Morgan fingerprint density at radius 3 is 2.88 bits per heavy atom. The Labute approximate surface area is 194 Å². The molecule has 5 rings (SSSR count). The number of hydrogen-bond donors (Lipinski definition) is 0. The SMILES string of the molecule is COC(=O)CC1COc2cc(O[C@@H]3CCc4c(Oc5ccc(Cl)nn5)ccc(F)c43)ccc21. The van der Waals surface area contributed by atoms with Gasteiger partial charge in [-0.1, -0.05) is 17.7 Å². The van der Waals surface area contributed by atoms with Gasteiger partial charge in [-0.3, -0.25) is 4.79 Å². The number of hydrogen-bond acceptors (Lipinski definition) is 7. The summed E-state index contributed by atoms with van der Waals surface area (Å²) in [7, 11) is 1.37. The van der Waals surface area contributed by atoms with Crippen molar-refractivity contribution in [3.63, 3.8) is 0 Å². The van der Waals surface area contributed by atoms with E-state index in [9.17, 15) is 9.18 Å². The van der Waals surface area contributed by atoms with Gasteiger partial charge in [0.2, 0.25) is 5.88 Å². The summed E-state index contributed by atoms with van der Waals surface area (Å²) < 4.78 is 37.3. The molecule has 1 aliphatic heterocycles. The number of methoxy groups -OCH3 is 1. The lowest BCUT2D eigenvalue weighted by atomic mass is 9.98. The third-order valence-electron chi connectivity index (χ3n) is 5.85. The zero-order valence-electron chi connectivity index (χ0n) is 17.7. The van der Waals surface area contributed by atoms with Gasteiger partial charge in [0, 0.05) is 34.7 Å². The van der Waals surface area contributed by atoms with Gasteiger partial charge in [0.25, 0.3) is 0 Å². The van der Waals surface area contributed by atoms with Crippen LogP contribution in [0.25, 0.3) is 0 Å². The van der Waals surface area contributed by atoms with Gasteiger partial charge in [0.15, 0.2) is 5.15 Å².